The van der Waals surface area contributed by atoms with E-state index in [0.29, 0.717) is 18.4 Å². The van der Waals surface area contributed by atoms with Crippen molar-refractivity contribution in [2.75, 3.05) is 20.1 Å². The topological polar surface area (TPSA) is 56.7 Å². The summed E-state index contributed by atoms with van der Waals surface area (Å²) in [6.45, 7) is 6.81. The van der Waals surface area contributed by atoms with Crippen LogP contribution >= 0.6 is 35.3 Å². The van der Waals surface area contributed by atoms with Crippen LogP contribution in [0.25, 0.3) is 0 Å². The van der Waals surface area contributed by atoms with Gasteiger partial charge in [0.05, 0.1) is 6.54 Å². The molecule has 1 unspecified atom stereocenters. The van der Waals surface area contributed by atoms with E-state index in [-0.39, 0.29) is 24.0 Å². The molecule has 0 aromatic carbocycles. The maximum atomic E-state index is 11.9. The first-order chi connectivity index (χ1) is 11.1. The van der Waals surface area contributed by atoms with Crippen LogP contribution in [0.15, 0.2) is 17.1 Å². The Bertz CT molecular complexity index is 546. The molecule has 0 bridgehead atoms. The number of guanidine groups is 1. The summed E-state index contributed by atoms with van der Waals surface area (Å²) in [4.78, 5) is 20.8. The van der Waals surface area contributed by atoms with Gasteiger partial charge >= 0.3 is 0 Å². The van der Waals surface area contributed by atoms with Gasteiger partial charge in [0.2, 0.25) is 5.91 Å². The quantitative estimate of drug-likeness (QED) is 0.371. The molecule has 0 radical (unpaired) electrons. The van der Waals surface area contributed by atoms with Crippen molar-refractivity contribution in [1.82, 2.24) is 15.5 Å². The third-order valence-corrected chi connectivity index (χ3v) is 5.24. The number of aliphatic imine (C=N–C) groups is 1. The minimum Gasteiger partial charge on any atom is -0.356 e. The molecule has 2 heterocycles. The van der Waals surface area contributed by atoms with Crippen molar-refractivity contribution in [3.63, 3.8) is 0 Å². The fourth-order valence-corrected chi connectivity index (χ4v) is 3.79. The number of thiophene rings is 1. The van der Waals surface area contributed by atoms with Gasteiger partial charge in [-0.2, -0.15) is 0 Å². The van der Waals surface area contributed by atoms with Crippen LogP contribution in [-0.4, -0.2) is 42.9 Å². The van der Waals surface area contributed by atoms with E-state index in [1.807, 2.05) is 4.90 Å². The number of likely N-dealkylation sites (tertiary alicyclic amines) is 1. The molecule has 7 heteroatoms. The highest BCUT2D eigenvalue weighted by atomic mass is 127. The Labute approximate surface area is 166 Å². The lowest BCUT2D eigenvalue weighted by Gasteiger charge is -2.27. The molecular formula is C17H29IN4OS. The maximum Gasteiger partial charge on any atom is 0.222 e. The number of amides is 1. The molecule has 2 rings (SSSR count). The van der Waals surface area contributed by atoms with Crippen LogP contribution < -0.4 is 10.6 Å². The summed E-state index contributed by atoms with van der Waals surface area (Å²) in [5, 5.41) is 6.69. The van der Waals surface area contributed by atoms with Crippen molar-refractivity contribution in [1.29, 1.82) is 0 Å². The Kier molecular flexibility index (Phi) is 9.65. The number of carbonyl (C=O) groups excluding carboxylic acids is 1. The van der Waals surface area contributed by atoms with E-state index in [9.17, 15) is 4.79 Å². The molecule has 1 atom stereocenters. The molecule has 5 nitrogen and oxygen atoms in total. The van der Waals surface area contributed by atoms with Gasteiger partial charge in [-0.15, -0.1) is 35.3 Å². The average Bonchev–Trinajstić information content (AvgIpc) is 3.15. The first kappa shape index (κ1) is 21.2. The predicted molar refractivity (Wildman–Crippen MR) is 112 cm³/mol. The van der Waals surface area contributed by atoms with Gasteiger partial charge in [-0.1, -0.05) is 6.92 Å². The number of hydrogen-bond acceptors (Lipinski definition) is 3. The van der Waals surface area contributed by atoms with E-state index in [4.69, 9.17) is 0 Å². The third kappa shape index (κ3) is 6.23. The number of halogens is 1. The van der Waals surface area contributed by atoms with Crippen molar-refractivity contribution in [3.8, 4) is 0 Å². The molecule has 136 valence electrons. The lowest BCUT2D eigenvalue weighted by molar-refractivity contribution is -0.129. The summed E-state index contributed by atoms with van der Waals surface area (Å²) < 4.78 is 0. The number of nitrogens with one attached hydrogen (secondary N) is 2. The highest BCUT2D eigenvalue weighted by Gasteiger charge is 2.26. The minimum absolute atomic E-state index is 0. The van der Waals surface area contributed by atoms with Gasteiger partial charge in [-0.05, 0) is 38.3 Å². The molecule has 0 spiro atoms. The Balaban J connectivity index is 0.00000288. The molecule has 1 aromatic heterocycles. The summed E-state index contributed by atoms with van der Waals surface area (Å²) in [5.74, 6) is 1.13. The van der Waals surface area contributed by atoms with E-state index in [0.717, 1.165) is 44.9 Å². The standard InChI is InChI=1S/C17H28N4OS.HI/c1-4-14(21-11-5-6-16(21)22)9-10-19-17(18-3)20-12-15-8-7-13(2)23-15;/h7-8,14H,4-6,9-12H2,1-3H3,(H2,18,19,20);1H. The highest BCUT2D eigenvalue weighted by molar-refractivity contribution is 14.0. The SMILES string of the molecule is CCC(CCNC(=NC)NCc1ccc(C)s1)N1CCCC1=O.I. The Morgan fingerprint density at radius 3 is 2.75 bits per heavy atom. The van der Waals surface area contributed by atoms with Crippen LogP contribution in [-0.2, 0) is 11.3 Å². The molecule has 1 fully saturated rings. The molecular weight excluding hydrogens is 435 g/mol. The summed E-state index contributed by atoms with van der Waals surface area (Å²) in [5.41, 5.74) is 0. The number of hydrogen-bond donors (Lipinski definition) is 2. The molecule has 0 aliphatic carbocycles. The van der Waals surface area contributed by atoms with E-state index < -0.39 is 0 Å². The predicted octanol–water partition coefficient (Wildman–Crippen LogP) is 3.13. The zero-order valence-electron chi connectivity index (χ0n) is 14.8. The van der Waals surface area contributed by atoms with E-state index in [2.05, 4.69) is 41.6 Å². The van der Waals surface area contributed by atoms with Crippen molar-refractivity contribution < 1.29 is 4.79 Å². The molecule has 1 aliphatic heterocycles. The largest absolute Gasteiger partial charge is 0.356 e. The smallest absolute Gasteiger partial charge is 0.222 e. The van der Waals surface area contributed by atoms with Gasteiger partial charge < -0.3 is 15.5 Å². The minimum atomic E-state index is 0. The number of carbonyl (C=O) groups is 1. The maximum absolute atomic E-state index is 11.9. The Morgan fingerprint density at radius 2 is 2.21 bits per heavy atom. The van der Waals surface area contributed by atoms with Crippen LogP contribution in [0.3, 0.4) is 0 Å². The second kappa shape index (κ2) is 10.9. The second-order valence-electron chi connectivity index (χ2n) is 5.91. The number of nitrogens with zero attached hydrogens (tertiary/aromatic N) is 2. The lowest BCUT2D eigenvalue weighted by atomic mass is 10.1. The summed E-state index contributed by atoms with van der Waals surface area (Å²) in [7, 11) is 1.79. The van der Waals surface area contributed by atoms with Crippen molar-refractivity contribution >= 4 is 47.2 Å². The second-order valence-corrected chi connectivity index (χ2v) is 7.28. The normalized spacial score (nSPS) is 16.0. The number of aryl methyl sites for hydroxylation is 1. The molecule has 24 heavy (non-hydrogen) atoms. The van der Waals surface area contributed by atoms with Crippen LogP contribution in [0.1, 0.15) is 42.4 Å². The highest BCUT2D eigenvalue weighted by Crippen LogP contribution is 2.17. The van der Waals surface area contributed by atoms with E-state index in [1.165, 1.54) is 9.75 Å². The van der Waals surface area contributed by atoms with Crippen molar-refractivity contribution in [2.24, 2.45) is 4.99 Å². The first-order valence-corrected chi connectivity index (χ1v) is 9.25. The molecule has 1 saturated heterocycles. The molecule has 1 aliphatic rings. The zero-order valence-corrected chi connectivity index (χ0v) is 17.9. The Hall–Kier alpha value is -0.830. The van der Waals surface area contributed by atoms with Crippen LogP contribution in [0.2, 0.25) is 0 Å². The Morgan fingerprint density at radius 1 is 1.42 bits per heavy atom. The third-order valence-electron chi connectivity index (χ3n) is 4.24. The van der Waals surface area contributed by atoms with Gasteiger partial charge in [0.1, 0.15) is 0 Å². The molecule has 2 N–H and O–H groups in total. The van der Waals surface area contributed by atoms with Crippen molar-refractivity contribution in [2.45, 2.75) is 52.1 Å². The van der Waals surface area contributed by atoms with Gasteiger partial charge in [-0.25, -0.2) is 0 Å². The van der Waals surface area contributed by atoms with Crippen molar-refractivity contribution in [3.05, 3.63) is 21.9 Å². The summed E-state index contributed by atoms with van der Waals surface area (Å²) >= 11 is 1.80. The van der Waals surface area contributed by atoms with Gasteiger partial charge in [0.25, 0.3) is 0 Å². The number of rotatable bonds is 7. The first-order valence-electron chi connectivity index (χ1n) is 8.43. The van der Waals surface area contributed by atoms with Crippen LogP contribution in [0, 0.1) is 6.92 Å². The zero-order chi connectivity index (χ0) is 16.7. The van der Waals surface area contributed by atoms with Crippen LogP contribution in [0.5, 0.6) is 0 Å². The van der Waals surface area contributed by atoms with E-state index in [1.54, 1.807) is 18.4 Å². The average molecular weight is 464 g/mol. The molecule has 1 amide bonds. The van der Waals surface area contributed by atoms with E-state index >= 15 is 0 Å². The summed E-state index contributed by atoms with van der Waals surface area (Å²) in [6.07, 6.45) is 3.69. The van der Waals surface area contributed by atoms with Gasteiger partial charge in [0.15, 0.2) is 5.96 Å². The van der Waals surface area contributed by atoms with Crippen LogP contribution in [0.4, 0.5) is 0 Å². The fraction of sp³-hybridized carbons (Fsp3) is 0.647. The monoisotopic (exact) mass is 464 g/mol. The lowest BCUT2D eigenvalue weighted by Crippen LogP contribution is -2.41. The fourth-order valence-electron chi connectivity index (χ4n) is 2.96. The van der Waals surface area contributed by atoms with Gasteiger partial charge in [0, 0.05) is 42.4 Å². The molecule has 0 saturated carbocycles. The van der Waals surface area contributed by atoms with Gasteiger partial charge in [-0.3, -0.25) is 9.79 Å². The summed E-state index contributed by atoms with van der Waals surface area (Å²) in [6, 6.07) is 4.62. The molecule has 1 aromatic rings.